The molecule has 0 radical (unpaired) electrons. The van der Waals surface area contributed by atoms with Crippen LogP contribution in [0.4, 0.5) is 0 Å². The van der Waals surface area contributed by atoms with E-state index < -0.39 is 0 Å². The summed E-state index contributed by atoms with van der Waals surface area (Å²) in [6.45, 7) is 11.4. The van der Waals surface area contributed by atoms with Crippen molar-refractivity contribution in [3.05, 3.63) is 83.5 Å². The molecule has 0 unspecified atom stereocenters. The van der Waals surface area contributed by atoms with E-state index in [1.54, 1.807) is 6.33 Å². The molecule has 0 aliphatic heterocycles. The monoisotopic (exact) mass is 450 g/mol. The molecular weight excluding hydrogens is 420 g/mol. The summed E-state index contributed by atoms with van der Waals surface area (Å²) in [5.41, 5.74) is 5.59. The number of nitrogens with zero attached hydrogens (tertiary/aromatic N) is 2. The fraction of sp³-hybridized carbons (Fsp3) is 0.267. The van der Waals surface area contributed by atoms with E-state index in [4.69, 9.17) is 0 Å². The van der Waals surface area contributed by atoms with Crippen molar-refractivity contribution >= 4 is 32.2 Å². The zero-order chi connectivity index (χ0) is 23.2. The molecule has 0 aliphatic rings. The summed E-state index contributed by atoms with van der Waals surface area (Å²) in [6.07, 6.45) is 2.82. The maximum absolute atomic E-state index is 4.66. The Balaban J connectivity index is 1.58. The lowest BCUT2D eigenvalue weighted by Crippen LogP contribution is -2.12. The fourth-order valence-corrected chi connectivity index (χ4v) is 5.82. The Morgan fingerprint density at radius 3 is 2.30 bits per heavy atom. The van der Waals surface area contributed by atoms with E-state index in [1.807, 2.05) is 11.3 Å². The summed E-state index contributed by atoms with van der Waals surface area (Å²) in [5.74, 6) is 0.668. The Morgan fingerprint density at radius 1 is 0.788 bits per heavy atom. The van der Waals surface area contributed by atoms with Crippen molar-refractivity contribution in [3.63, 3.8) is 0 Å². The predicted molar refractivity (Wildman–Crippen MR) is 143 cm³/mol. The highest BCUT2D eigenvalue weighted by Crippen LogP contribution is 2.36. The Bertz CT molecular complexity index is 1450. The van der Waals surface area contributed by atoms with Crippen molar-refractivity contribution < 1.29 is 0 Å². The first-order chi connectivity index (χ1) is 15.8. The van der Waals surface area contributed by atoms with Crippen LogP contribution in [-0.2, 0) is 11.8 Å². The Hall–Kier alpha value is -3.04. The van der Waals surface area contributed by atoms with Gasteiger partial charge < -0.3 is 0 Å². The van der Waals surface area contributed by atoms with Crippen LogP contribution < -0.4 is 0 Å². The first kappa shape index (κ1) is 21.8. The molecule has 5 rings (SSSR count). The summed E-state index contributed by atoms with van der Waals surface area (Å²) in [4.78, 5) is 10.7. The lowest BCUT2D eigenvalue weighted by atomic mass is 9.82. The second-order valence-corrected chi connectivity index (χ2v) is 11.5. The van der Waals surface area contributed by atoms with Gasteiger partial charge in [0.15, 0.2) is 0 Å². The molecule has 3 aromatic carbocycles. The molecule has 0 saturated carbocycles. The van der Waals surface area contributed by atoms with Crippen LogP contribution in [-0.4, -0.2) is 9.97 Å². The number of aromatic nitrogens is 2. The van der Waals surface area contributed by atoms with Gasteiger partial charge in [0.1, 0.15) is 6.33 Å². The molecule has 2 heterocycles. The van der Waals surface area contributed by atoms with Crippen LogP contribution in [0.15, 0.2) is 73.1 Å². The van der Waals surface area contributed by atoms with Crippen molar-refractivity contribution in [2.45, 2.75) is 46.5 Å². The second kappa shape index (κ2) is 8.39. The third-order valence-corrected chi connectivity index (χ3v) is 7.23. The van der Waals surface area contributed by atoms with Crippen molar-refractivity contribution in [1.29, 1.82) is 0 Å². The maximum Gasteiger partial charge on any atom is 0.116 e. The summed E-state index contributed by atoms with van der Waals surface area (Å²) in [6, 6.07) is 24.3. The Morgan fingerprint density at radius 2 is 1.55 bits per heavy atom. The molecule has 33 heavy (non-hydrogen) atoms. The highest BCUT2D eigenvalue weighted by molar-refractivity contribution is 7.19. The van der Waals surface area contributed by atoms with Crippen LogP contribution in [0.5, 0.6) is 0 Å². The van der Waals surface area contributed by atoms with E-state index in [0.717, 1.165) is 28.9 Å². The van der Waals surface area contributed by atoms with E-state index >= 15 is 0 Å². The smallest absolute Gasteiger partial charge is 0.116 e. The molecule has 5 aromatic rings. The largest absolute Gasteiger partial charge is 0.236 e. The van der Waals surface area contributed by atoms with Gasteiger partial charge in [-0.15, -0.1) is 11.3 Å². The van der Waals surface area contributed by atoms with Crippen molar-refractivity contribution in [3.8, 4) is 22.5 Å². The fourth-order valence-electron chi connectivity index (χ4n) is 4.50. The predicted octanol–water partition coefficient (Wildman–Crippen LogP) is 8.67. The van der Waals surface area contributed by atoms with E-state index in [0.29, 0.717) is 5.92 Å². The van der Waals surface area contributed by atoms with Gasteiger partial charge in [0.2, 0.25) is 0 Å². The summed E-state index contributed by atoms with van der Waals surface area (Å²) >= 11 is 1.90. The zero-order valence-electron chi connectivity index (χ0n) is 20.0. The zero-order valence-corrected chi connectivity index (χ0v) is 20.8. The van der Waals surface area contributed by atoms with Crippen molar-refractivity contribution in [1.82, 2.24) is 9.97 Å². The Labute approximate surface area is 200 Å². The summed E-state index contributed by atoms with van der Waals surface area (Å²) in [7, 11) is 0. The second-order valence-electron chi connectivity index (χ2n) is 10.3. The average molecular weight is 451 g/mol. The summed E-state index contributed by atoms with van der Waals surface area (Å²) < 4.78 is 1.32. The van der Waals surface area contributed by atoms with E-state index in [-0.39, 0.29) is 5.41 Å². The molecule has 0 spiro atoms. The molecule has 2 aromatic heterocycles. The maximum atomic E-state index is 4.66. The minimum Gasteiger partial charge on any atom is -0.236 e. The number of rotatable bonds is 4. The Kier molecular flexibility index (Phi) is 5.54. The van der Waals surface area contributed by atoms with E-state index in [2.05, 4.69) is 111 Å². The number of hydrogen-bond acceptors (Lipinski definition) is 3. The van der Waals surface area contributed by atoms with E-state index in [1.165, 1.54) is 31.3 Å². The molecule has 0 bridgehead atoms. The van der Waals surface area contributed by atoms with Gasteiger partial charge in [-0.05, 0) is 69.8 Å². The number of hydrogen-bond donors (Lipinski definition) is 0. The summed E-state index contributed by atoms with van der Waals surface area (Å²) in [5, 5.41) is 3.87. The molecule has 0 aliphatic carbocycles. The molecule has 166 valence electrons. The molecule has 2 nitrogen and oxygen atoms in total. The van der Waals surface area contributed by atoms with Crippen molar-refractivity contribution in [2.75, 3.05) is 0 Å². The highest BCUT2D eigenvalue weighted by atomic mass is 32.1. The lowest BCUT2D eigenvalue weighted by molar-refractivity contribution is 0.596. The molecule has 0 atom stereocenters. The third kappa shape index (κ3) is 4.43. The first-order valence-corrected chi connectivity index (χ1v) is 12.5. The van der Waals surface area contributed by atoms with Gasteiger partial charge >= 0.3 is 0 Å². The number of fused-ring (bicyclic) bond motifs is 2. The normalized spacial score (nSPS) is 12.2. The van der Waals surface area contributed by atoms with Gasteiger partial charge in [-0.1, -0.05) is 71.0 Å². The molecule has 0 fully saturated rings. The van der Waals surface area contributed by atoms with Gasteiger partial charge in [-0.3, -0.25) is 0 Å². The molecule has 3 heteroatoms. The quantitative estimate of drug-likeness (QED) is 0.274. The van der Waals surface area contributed by atoms with Gasteiger partial charge in [-0.25, -0.2) is 9.97 Å². The van der Waals surface area contributed by atoms with Gasteiger partial charge in [0.25, 0.3) is 0 Å². The van der Waals surface area contributed by atoms with Gasteiger partial charge in [0, 0.05) is 20.7 Å². The molecular formula is C30H30N2S. The van der Waals surface area contributed by atoms with Crippen LogP contribution >= 0.6 is 11.3 Å². The van der Waals surface area contributed by atoms with Crippen LogP contribution in [0.25, 0.3) is 43.4 Å². The SMILES string of the molecule is CC(C)Cc1cc2ccc(-c3cc(-c4cc(C(C)(C)C)c5ccccc5c4)ncn3)cc2s1. The first-order valence-electron chi connectivity index (χ1n) is 11.7. The molecule has 0 saturated heterocycles. The average Bonchev–Trinajstić information content (AvgIpc) is 3.18. The molecule has 0 N–H and O–H groups in total. The topological polar surface area (TPSA) is 25.8 Å². The van der Waals surface area contributed by atoms with Crippen LogP contribution in [0.3, 0.4) is 0 Å². The highest BCUT2D eigenvalue weighted by Gasteiger charge is 2.19. The molecule has 0 amide bonds. The standard InChI is InChI=1S/C30H30N2S/c1-19(2)12-24-14-22-11-10-21(16-29(22)33-24)27-17-28(32-18-31-27)23-13-20-8-6-7-9-25(20)26(15-23)30(3,4)5/h6-11,13-19H,12H2,1-5H3. The van der Waals surface area contributed by atoms with Gasteiger partial charge in [-0.2, -0.15) is 0 Å². The third-order valence-electron chi connectivity index (χ3n) is 6.11. The number of benzene rings is 3. The van der Waals surface area contributed by atoms with Crippen molar-refractivity contribution in [2.24, 2.45) is 5.92 Å². The number of thiophene rings is 1. The lowest BCUT2D eigenvalue weighted by Gasteiger charge is -2.22. The van der Waals surface area contributed by atoms with Gasteiger partial charge in [0.05, 0.1) is 11.4 Å². The van der Waals surface area contributed by atoms with E-state index in [9.17, 15) is 0 Å². The van der Waals surface area contributed by atoms with Crippen LogP contribution in [0.1, 0.15) is 45.1 Å². The minimum absolute atomic E-state index is 0.0450. The van der Waals surface area contributed by atoms with Crippen LogP contribution in [0, 0.1) is 5.92 Å². The minimum atomic E-state index is 0.0450. The van der Waals surface area contributed by atoms with Crippen LogP contribution in [0.2, 0.25) is 0 Å².